The number of unbranched alkanes of at least 4 members (excludes halogenated alkanes) is 1. The fraction of sp³-hybridized carbons (Fsp3) is 1.00. The van der Waals surface area contributed by atoms with Crippen molar-refractivity contribution in [3.05, 3.63) is 0 Å². The van der Waals surface area contributed by atoms with Crippen LogP contribution in [0.1, 0.15) is 58.8 Å². The van der Waals surface area contributed by atoms with E-state index in [2.05, 4.69) is 0 Å². The number of halogens is 4. The van der Waals surface area contributed by atoms with Gasteiger partial charge in [-0.2, -0.15) is 0 Å². The van der Waals surface area contributed by atoms with Crippen molar-refractivity contribution in [2.24, 2.45) is 0 Å². The molecule has 0 unspecified atom stereocenters. The zero-order valence-corrected chi connectivity index (χ0v) is 11.3. The smallest absolute Gasteiger partial charge is 0.250 e. The average molecular weight is 272 g/mol. The van der Waals surface area contributed by atoms with E-state index in [4.69, 9.17) is 4.74 Å². The molecule has 0 radical (unpaired) electrons. The molecular formula is C13H24F4O. The largest absolute Gasteiger partial charge is 0.381 e. The summed E-state index contributed by atoms with van der Waals surface area (Å²) < 4.78 is 58.0. The molecule has 0 rings (SSSR count). The summed E-state index contributed by atoms with van der Waals surface area (Å²) >= 11 is 0. The minimum absolute atomic E-state index is 0.0681. The zero-order valence-electron chi connectivity index (χ0n) is 11.3. The molecule has 110 valence electrons. The molecule has 0 N–H and O–H groups in total. The summed E-state index contributed by atoms with van der Waals surface area (Å²) in [5, 5.41) is 0. The monoisotopic (exact) mass is 272 g/mol. The number of rotatable bonds is 11. The van der Waals surface area contributed by atoms with Gasteiger partial charge in [-0.05, 0) is 12.8 Å². The fourth-order valence-electron chi connectivity index (χ4n) is 1.52. The lowest BCUT2D eigenvalue weighted by molar-refractivity contribution is -0.0802. The van der Waals surface area contributed by atoms with Gasteiger partial charge in [0.2, 0.25) is 5.92 Å². The van der Waals surface area contributed by atoms with Gasteiger partial charge in [-0.1, -0.05) is 20.3 Å². The van der Waals surface area contributed by atoms with Crippen LogP contribution in [-0.2, 0) is 4.74 Å². The molecule has 0 amide bonds. The highest BCUT2D eigenvalue weighted by Gasteiger charge is 2.35. The minimum Gasteiger partial charge on any atom is -0.381 e. The molecule has 0 spiro atoms. The summed E-state index contributed by atoms with van der Waals surface area (Å²) in [6.07, 6.45) is -0.495. The first-order chi connectivity index (χ1) is 8.33. The lowest BCUT2D eigenvalue weighted by Crippen LogP contribution is -2.24. The normalized spacial score (nSPS) is 13.0. The highest BCUT2D eigenvalue weighted by atomic mass is 19.3. The van der Waals surface area contributed by atoms with Gasteiger partial charge in [0.25, 0.3) is 5.92 Å². The molecule has 0 fully saturated rings. The van der Waals surface area contributed by atoms with Gasteiger partial charge in [0.1, 0.15) is 0 Å². The maximum atomic E-state index is 13.3. The van der Waals surface area contributed by atoms with Crippen molar-refractivity contribution < 1.29 is 22.3 Å². The Morgan fingerprint density at radius 3 is 1.78 bits per heavy atom. The van der Waals surface area contributed by atoms with E-state index in [0.29, 0.717) is 19.4 Å². The Balaban J connectivity index is 3.86. The Morgan fingerprint density at radius 2 is 1.28 bits per heavy atom. The summed E-state index contributed by atoms with van der Waals surface area (Å²) in [6.45, 7) is 4.05. The highest BCUT2D eigenvalue weighted by Crippen LogP contribution is 2.33. The van der Waals surface area contributed by atoms with Crippen molar-refractivity contribution in [1.29, 1.82) is 0 Å². The molecule has 0 aliphatic rings. The van der Waals surface area contributed by atoms with Crippen LogP contribution in [0.4, 0.5) is 17.6 Å². The average Bonchev–Trinajstić information content (AvgIpc) is 2.30. The molecule has 0 aliphatic heterocycles. The number of alkyl halides is 4. The Kier molecular flexibility index (Phi) is 8.57. The Hall–Kier alpha value is -0.320. The first-order valence-electron chi connectivity index (χ1n) is 6.66. The van der Waals surface area contributed by atoms with E-state index >= 15 is 0 Å². The lowest BCUT2D eigenvalue weighted by Gasteiger charge is -2.21. The van der Waals surface area contributed by atoms with Crippen LogP contribution in [0.2, 0.25) is 0 Å². The molecule has 0 bridgehead atoms. The molecule has 18 heavy (non-hydrogen) atoms. The van der Waals surface area contributed by atoms with Gasteiger partial charge in [-0.25, -0.2) is 17.6 Å². The third-order valence-corrected chi connectivity index (χ3v) is 2.71. The van der Waals surface area contributed by atoms with Gasteiger partial charge < -0.3 is 4.74 Å². The van der Waals surface area contributed by atoms with E-state index < -0.39 is 31.1 Å². The van der Waals surface area contributed by atoms with Gasteiger partial charge in [0.15, 0.2) is 0 Å². The summed E-state index contributed by atoms with van der Waals surface area (Å²) in [5.41, 5.74) is 0. The van der Waals surface area contributed by atoms with Crippen LogP contribution >= 0.6 is 0 Å². The van der Waals surface area contributed by atoms with Crippen LogP contribution in [0, 0.1) is 0 Å². The predicted octanol–water partition coefficient (Wildman–Crippen LogP) is 5.04. The summed E-state index contributed by atoms with van der Waals surface area (Å²) in [4.78, 5) is 0. The third kappa shape index (κ3) is 9.68. The van der Waals surface area contributed by atoms with Crippen molar-refractivity contribution in [3.8, 4) is 0 Å². The molecule has 0 aromatic heterocycles. The van der Waals surface area contributed by atoms with Crippen molar-refractivity contribution >= 4 is 0 Å². The van der Waals surface area contributed by atoms with Crippen LogP contribution in [0.15, 0.2) is 0 Å². The first kappa shape index (κ1) is 17.7. The summed E-state index contributed by atoms with van der Waals surface area (Å²) in [5.74, 6) is -6.02. The molecule has 5 heteroatoms. The van der Waals surface area contributed by atoms with Crippen LogP contribution in [0.3, 0.4) is 0 Å². The highest BCUT2D eigenvalue weighted by molar-refractivity contribution is 4.73. The molecular weight excluding hydrogens is 248 g/mol. The lowest BCUT2D eigenvalue weighted by atomic mass is 10.0. The van der Waals surface area contributed by atoms with Crippen molar-refractivity contribution in [3.63, 3.8) is 0 Å². The van der Waals surface area contributed by atoms with E-state index in [1.54, 1.807) is 6.92 Å². The number of hydrogen-bond donors (Lipinski definition) is 0. The Labute approximate surface area is 107 Å². The topological polar surface area (TPSA) is 9.23 Å². The summed E-state index contributed by atoms with van der Waals surface area (Å²) in [7, 11) is 0. The molecule has 0 saturated carbocycles. The number of hydrogen-bond acceptors (Lipinski definition) is 1. The number of ether oxygens (including phenoxy) is 1. The molecule has 0 aliphatic carbocycles. The van der Waals surface area contributed by atoms with Crippen molar-refractivity contribution in [2.75, 3.05) is 13.2 Å². The minimum atomic E-state index is -3.05. The Bertz CT molecular complexity index is 207. The van der Waals surface area contributed by atoms with E-state index in [1.807, 2.05) is 6.92 Å². The zero-order chi connectivity index (χ0) is 14.1. The van der Waals surface area contributed by atoms with Gasteiger partial charge in [0, 0.05) is 32.3 Å². The van der Waals surface area contributed by atoms with Crippen molar-refractivity contribution in [2.45, 2.75) is 70.6 Å². The van der Waals surface area contributed by atoms with Gasteiger partial charge in [0.05, 0.1) is 6.61 Å². The van der Waals surface area contributed by atoms with Crippen LogP contribution < -0.4 is 0 Å². The van der Waals surface area contributed by atoms with Gasteiger partial charge in [-0.3, -0.25) is 0 Å². The second-order valence-electron chi connectivity index (χ2n) is 4.68. The first-order valence-corrected chi connectivity index (χ1v) is 6.66. The van der Waals surface area contributed by atoms with Crippen molar-refractivity contribution in [1.82, 2.24) is 0 Å². The molecule has 0 atom stereocenters. The van der Waals surface area contributed by atoms with Crippen LogP contribution in [0.25, 0.3) is 0 Å². The van der Waals surface area contributed by atoms with Gasteiger partial charge >= 0.3 is 0 Å². The van der Waals surface area contributed by atoms with E-state index in [-0.39, 0.29) is 13.0 Å². The van der Waals surface area contributed by atoms with Crippen LogP contribution in [-0.4, -0.2) is 25.1 Å². The second-order valence-corrected chi connectivity index (χ2v) is 4.68. The molecule has 0 aromatic rings. The Morgan fingerprint density at radius 1 is 0.722 bits per heavy atom. The van der Waals surface area contributed by atoms with Crippen LogP contribution in [0.5, 0.6) is 0 Å². The van der Waals surface area contributed by atoms with E-state index in [0.717, 1.165) is 6.42 Å². The maximum absolute atomic E-state index is 13.3. The molecule has 1 nitrogen and oxygen atoms in total. The van der Waals surface area contributed by atoms with E-state index in [9.17, 15) is 17.6 Å². The quantitative estimate of drug-likeness (QED) is 0.378. The van der Waals surface area contributed by atoms with Gasteiger partial charge in [-0.15, -0.1) is 0 Å². The predicted molar refractivity (Wildman–Crippen MR) is 64.4 cm³/mol. The van der Waals surface area contributed by atoms with E-state index in [1.165, 1.54) is 0 Å². The molecule has 0 heterocycles. The standard InChI is InChI=1S/C13H24F4O/c1-3-5-6-12(14,15)7-8-13(16,17)9-11-18-10-4-2/h3-11H2,1-2H3. The fourth-order valence-corrected chi connectivity index (χ4v) is 1.52. The third-order valence-electron chi connectivity index (χ3n) is 2.71. The maximum Gasteiger partial charge on any atom is 0.250 e. The second kappa shape index (κ2) is 8.73. The summed E-state index contributed by atoms with van der Waals surface area (Å²) in [6, 6.07) is 0. The molecule has 0 aromatic carbocycles. The SMILES string of the molecule is CCCCC(F)(F)CCC(F)(F)CCOCCC. The molecule has 0 saturated heterocycles.